The van der Waals surface area contributed by atoms with Gasteiger partial charge < -0.3 is 10.6 Å². The molecule has 0 aliphatic rings. The molecule has 0 spiro atoms. The van der Waals surface area contributed by atoms with Crippen molar-refractivity contribution in [2.24, 2.45) is 5.73 Å². The molecule has 1 amide bonds. The Kier molecular flexibility index (Phi) is 7.02. The van der Waals surface area contributed by atoms with E-state index in [1.165, 1.54) is 11.0 Å². The lowest BCUT2D eigenvalue weighted by atomic mass is 10.1. The summed E-state index contributed by atoms with van der Waals surface area (Å²) in [5, 5.41) is 0. The Morgan fingerprint density at radius 3 is 2.50 bits per heavy atom. The zero-order chi connectivity index (χ0) is 14.6. The minimum absolute atomic E-state index is 0. The van der Waals surface area contributed by atoms with Crippen LogP contribution in [0.1, 0.15) is 24.5 Å². The van der Waals surface area contributed by atoms with E-state index >= 15 is 0 Å². The predicted molar refractivity (Wildman–Crippen MR) is 73.4 cm³/mol. The van der Waals surface area contributed by atoms with Crippen molar-refractivity contribution in [2.45, 2.75) is 32.1 Å². The zero-order valence-corrected chi connectivity index (χ0v) is 12.1. The van der Waals surface area contributed by atoms with Crippen LogP contribution in [0.2, 0.25) is 0 Å². The number of hydrogen-bond donors (Lipinski definition) is 1. The molecule has 0 saturated carbocycles. The monoisotopic (exact) mass is 310 g/mol. The molecule has 3 nitrogen and oxygen atoms in total. The fraction of sp³-hybridized carbons (Fsp3) is 0.462. The fourth-order valence-electron chi connectivity index (χ4n) is 1.64. The number of halogens is 4. The average Bonchev–Trinajstić information content (AvgIpc) is 2.27. The predicted octanol–water partition coefficient (Wildman–Crippen LogP) is 2.82. The Labute approximate surface area is 122 Å². The van der Waals surface area contributed by atoms with Crippen LogP contribution in [-0.2, 0) is 17.5 Å². The van der Waals surface area contributed by atoms with Gasteiger partial charge in [0, 0.05) is 26.1 Å². The Morgan fingerprint density at radius 2 is 2.00 bits per heavy atom. The highest BCUT2D eigenvalue weighted by molar-refractivity contribution is 5.85. The van der Waals surface area contributed by atoms with Crippen molar-refractivity contribution < 1.29 is 18.0 Å². The van der Waals surface area contributed by atoms with Crippen molar-refractivity contribution in [3.05, 3.63) is 35.4 Å². The van der Waals surface area contributed by atoms with Gasteiger partial charge in [0.15, 0.2) is 0 Å². The molecule has 20 heavy (non-hydrogen) atoms. The van der Waals surface area contributed by atoms with E-state index in [0.29, 0.717) is 5.56 Å². The second-order valence-electron chi connectivity index (χ2n) is 4.63. The van der Waals surface area contributed by atoms with Crippen LogP contribution in [0.25, 0.3) is 0 Å². The lowest BCUT2D eigenvalue weighted by molar-refractivity contribution is -0.137. The summed E-state index contributed by atoms with van der Waals surface area (Å²) in [5.41, 5.74) is 5.24. The van der Waals surface area contributed by atoms with Gasteiger partial charge in [0.1, 0.15) is 0 Å². The summed E-state index contributed by atoms with van der Waals surface area (Å²) in [4.78, 5) is 13.0. The molecule has 0 fully saturated rings. The van der Waals surface area contributed by atoms with Crippen LogP contribution in [-0.4, -0.2) is 23.9 Å². The summed E-state index contributed by atoms with van der Waals surface area (Å²) in [6.07, 6.45) is -4.19. The van der Waals surface area contributed by atoms with Gasteiger partial charge in [0.25, 0.3) is 0 Å². The van der Waals surface area contributed by atoms with Crippen molar-refractivity contribution in [2.75, 3.05) is 7.05 Å². The first kappa shape index (κ1) is 18.7. The lowest BCUT2D eigenvalue weighted by Gasteiger charge is -2.19. The molecule has 0 radical (unpaired) electrons. The third-order valence-electron chi connectivity index (χ3n) is 2.60. The van der Waals surface area contributed by atoms with Crippen LogP contribution in [0.5, 0.6) is 0 Å². The topological polar surface area (TPSA) is 46.3 Å². The molecule has 114 valence electrons. The first-order valence-electron chi connectivity index (χ1n) is 5.86. The number of carbonyl (C=O) groups excluding carboxylic acids is 1. The van der Waals surface area contributed by atoms with Crippen LogP contribution in [0.15, 0.2) is 24.3 Å². The Morgan fingerprint density at radius 1 is 1.40 bits per heavy atom. The molecular weight excluding hydrogens is 293 g/mol. The summed E-state index contributed by atoms with van der Waals surface area (Å²) in [6.45, 7) is 1.84. The summed E-state index contributed by atoms with van der Waals surface area (Å²) in [7, 11) is 1.55. The molecule has 1 atom stereocenters. The summed E-state index contributed by atoms with van der Waals surface area (Å²) in [5.74, 6) is -0.188. The van der Waals surface area contributed by atoms with Crippen LogP contribution in [0, 0.1) is 0 Å². The molecule has 0 saturated heterocycles. The molecule has 1 aromatic rings. The average molecular weight is 311 g/mol. The second kappa shape index (κ2) is 7.50. The van der Waals surface area contributed by atoms with E-state index in [0.717, 1.165) is 12.1 Å². The first-order chi connectivity index (χ1) is 8.70. The molecule has 1 rings (SSSR count). The molecule has 0 heterocycles. The maximum atomic E-state index is 12.5. The van der Waals surface area contributed by atoms with Gasteiger partial charge in [-0.3, -0.25) is 4.79 Å². The molecule has 1 aromatic carbocycles. The second-order valence-corrected chi connectivity index (χ2v) is 4.63. The quantitative estimate of drug-likeness (QED) is 0.929. The number of nitrogens with zero attached hydrogens (tertiary/aromatic N) is 1. The highest BCUT2D eigenvalue weighted by Gasteiger charge is 2.30. The largest absolute Gasteiger partial charge is 0.416 e. The molecule has 0 bridgehead atoms. The number of hydrogen-bond acceptors (Lipinski definition) is 2. The Balaban J connectivity index is 0.00000361. The van der Waals surface area contributed by atoms with E-state index in [2.05, 4.69) is 0 Å². The smallest absolute Gasteiger partial charge is 0.341 e. The molecule has 7 heteroatoms. The van der Waals surface area contributed by atoms with Gasteiger partial charge in [0.05, 0.1) is 5.56 Å². The fourth-order valence-corrected chi connectivity index (χ4v) is 1.64. The number of benzene rings is 1. The Bertz CT molecular complexity index is 449. The van der Waals surface area contributed by atoms with Gasteiger partial charge in [-0.05, 0) is 24.6 Å². The number of nitrogens with two attached hydrogens (primary N) is 1. The van der Waals surface area contributed by atoms with E-state index < -0.39 is 11.7 Å². The van der Waals surface area contributed by atoms with E-state index in [-0.39, 0.29) is 37.3 Å². The molecule has 0 aliphatic heterocycles. The van der Waals surface area contributed by atoms with E-state index in [9.17, 15) is 18.0 Å². The highest BCUT2D eigenvalue weighted by Crippen LogP contribution is 2.29. The standard InChI is InChI=1S/C13H17F3N2O.ClH/c1-9(17)6-12(19)18(2)8-10-4-3-5-11(7-10)13(14,15)16;/h3-5,7,9H,6,8,17H2,1-2H3;1H. The molecule has 2 N–H and O–H groups in total. The molecular formula is C13H18ClF3N2O. The van der Waals surface area contributed by atoms with Gasteiger partial charge in [-0.15, -0.1) is 12.4 Å². The third-order valence-corrected chi connectivity index (χ3v) is 2.60. The van der Waals surface area contributed by atoms with Crippen LogP contribution in [0.4, 0.5) is 13.2 Å². The van der Waals surface area contributed by atoms with Gasteiger partial charge >= 0.3 is 6.18 Å². The van der Waals surface area contributed by atoms with Gasteiger partial charge in [-0.25, -0.2) is 0 Å². The van der Waals surface area contributed by atoms with Crippen molar-refractivity contribution in [1.29, 1.82) is 0 Å². The number of alkyl halides is 3. The normalized spacial score (nSPS) is 12.5. The van der Waals surface area contributed by atoms with Crippen molar-refractivity contribution in [1.82, 2.24) is 4.90 Å². The van der Waals surface area contributed by atoms with Crippen molar-refractivity contribution in [3.8, 4) is 0 Å². The molecule has 0 aliphatic carbocycles. The van der Waals surface area contributed by atoms with E-state index in [4.69, 9.17) is 5.73 Å². The SMILES string of the molecule is CC(N)CC(=O)N(C)Cc1cccc(C(F)(F)F)c1.Cl. The molecule has 0 aromatic heterocycles. The maximum Gasteiger partial charge on any atom is 0.416 e. The van der Waals surface area contributed by atoms with Crippen LogP contribution >= 0.6 is 12.4 Å². The summed E-state index contributed by atoms with van der Waals surface area (Å²) in [6, 6.07) is 4.69. The van der Waals surface area contributed by atoms with Crippen LogP contribution in [0.3, 0.4) is 0 Å². The minimum Gasteiger partial charge on any atom is -0.341 e. The Hall–Kier alpha value is -1.27. The number of carbonyl (C=O) groups is 1. The summed E-state index contributed by atoms with van der Waals surface area (Å²) >= 11 is 0. The van der Waals surface area contributed by atoms with Gasteiger partial charge in [-0.1, -0.05) is 12.1 Å². The van der Waals surface area contributed by atoms with E-state index in [1.807, 2.05) is 0 Å². The number of amides is 1. The first-order valence-corrected chi connectivity index (χ1v) is 5.86. The third kappa shape index (κ3) is 5.79. The van der Waals surface area contributed by atoms with Crippen LogP contribution < -0.4 is 5.73 Å². The lowest BCUT2D eigenvalue weighted by Crippen LogP contribution is -2.31. The minimum atomic E-state index is -4.37. The molecule has 1 unspecified atom stereocenters. The number of rotatable bonds is 4. The van der Waals surface area contributed by atoms with Crippen molar-refractivity contribution in [3.63, 3.8) is 0 Å². The zero-order valence-electron chi connectivity index (χ0n) is 11.3. The maximum absolute atomic E-state index is 12.5. The highest BCUT2D eigenvalue weighted by atomic mass is 35.5. The van der Waals surface area contributed by atoms with E-state index in [1.54, 1.807) is 20.0 Å². The van der Waals surface area contributed by atoms with Gasteiger partial charge in [0.2, 0.25) is 5.91 Å². The van der Waals surface area contributed by atoms with Gasteiger partial charge in [-0.2, -0.15) is 13.2 Å². The summed E-state index contributed by atoms with van der Waals surface area (Å²) < 4.78 is 37.6. The van der Waals surface area contributed by atoms with Crippen molar-refractivity contribution >= 4 is 18.3 Å².